The van der Waals surface area contributed by atoms with Crippen molar-refractivity contribution < 1.29 is 9.52 Å². The number of aryl methyl sites for hydroxylation is 1. The molecule has 1 N–H and O–H groups in total. The monoisotopic (exact) mass is 216 g/mol. The first kappa shape index (κ1) is 10.5. The van der Waals surface area contributed by atoms with E-state index in [1.54, 1.807) is 6.92 Å². The fourth-order valence-electron chi connectivity index (χ4n) is 1.55. The van der Waals surface area contributed by atoms with Crippen LogP contribution in [0, 0.1) is 6.92 Å². The van der Waals surface area contributed by atoms with Crippen LogP contribution >= 0.6 is 0 Å². The van der Waals surface area contributed by atoms with Gasteiger partial charge in [0.2, 0.25) is 11.2 Å². The molecule has 0 bridgehead atoms. The fraction of sp³-hybridized carbons (Fsp3) is 0.154. The summed E-state index contributed by atoms with van der Waals surface area (Å²) in [5, 5.41) is 9.29. The molecule has 2 aromatic rings. The van der Waals surface area contributed by atoms with Crippen LogP contribution in [0.1, 0.15) is 17.1 Å². The second kappa shape index (κ2) is 4.23. The molecule has 0 aliphatic rings. The molecule has 0 radical (unpaired) electrons. The van der Waals surface area contributed by atoms with E-state index >= 15 is 0 Å². The first-order valence-corrected chi connectivity index (χ1v) is 5.03. The van der Waals surface area contributed by atoms with Gasteiger partial charge >= 0.3 is 0 Å². The summed E-state index contributed by atoms with van der Waals surface area (Å²) in [6.07, 6.45) is 0.553. The zero-order chi connectivity index (χ0) is 11.5. The van der Waals surface area contributed by atoms with Gasteiger partial charge in [-0.15, -0.1) is 0 Å². The Hall–Kier alpha value is -2.03. The highest BCUT2D eigenvalue weighted by Gasteiger charge is 2.07. The fourth-order valence-corrected chi connectivity index (χ4v) is 1.55. The van der Waals surface area contributed by atoms with E-state index in [2.05, 4.69) is 0 Å². The number of hydrogen-bond donors (Lipinski definition) is 1. The molecule has 3 nitrogen and oxygen atoms in total. The molecule has 16 heavy (non-hydrogen) atoms. The number of aromatic hydroxyl groups is 1. The van der Waals surface area contributed by atoms with E-state index < -0.39 is 5.43 Å². The average Bonchev–Trinajstić information content (AvgIpc) is 2.27. The lowest BCUT2D eigenvalue weighted by molar-refractivity contribution is 0.396. The Labute approximate surface area is 93.0 Å². The second-order valence-corrected chi connectivity index (χ2v) is 3.64. The van der Waals surface area contributed by atoms with E-state index in [1.807, 2.05) is 30.3 Å². The van der Waals surface area contributed by atoms with Crippen LogP contribution in [-0.2, 0) is 6.42 Å². The summed E-state index contributed by atoms with van der Waals surface area (Å²) in [7, 11) is 0. The Kier molecular flexibility index (Phi) is 2.77. The van der Waals surface area contributed by atoms with Gasteiger partial charge in [0.15, 0.2) is 0 Å². The van der Waals surface area contributed by atoms with Crippen LogP contribution in [0.5, 0.6) is 5.75 Å². The largest absolute Gasteiger partial charge is 0.502 e. The van der Waals surface area contributed by atoms with E-state index in [4.69, 9.17) is 4.42 Å². The normalized spacial score (nSPS) is 10.3. The van der Waals surface area contributed by atoms with E-state index in [0.29, 0.717) is 12.2 Å². The van der Waals surface area contributed by atoms with E-state index in [1.165, 1.54) is 6.07 Å². The molecule has 0 spiro atoms. The molecule has 0 fully saturated rings. The molecule has 0 aliphatic carbocycles. The molecule has 0 saturated heterocycles. The van der Waals surface area contributed by atoms with Crippen molar-refractivity contribution in [3.63, 3.8) is 0 Å². The molecule has 1 aromatic carbocycles. The molecule has 1 heterocycles. The van der Waals surface area contributed by atoms with E-state index in [-0.39, 0.29) is 11.5 Å². The SMILES string of the molecule is Cc1oc(Cc2ccccc2)cc(=O)c1O. The predicted octanol–water partition coefficient (Wildman–Crippen LogP) is 2.24. The molecule has 2 rings (SSSR count). The summed E-state index contributed by atoms with van der Waals surface area (Å²) >= 11 is 0. The molecule has 0 saturated carbocycles. The van der Waals surface area contributed by atoms with Gasteiger partial charge in [0.05, 0.1) is 0 Å². The first-order chi connectivity index (χ1) is 7.66. The van der Waals surface area contributed by atoms with Crippen molar-refractivity contribution in [1.82, 2.24) is 0 Å². The maximum atomic E-state index is 11.3. The van der Waals surface area contributed by atoms with Gasteiger partial charge in [-0.05, 0) is 12.5 Å². The minimum atomic E-state index is -0.394. The van der Waals surface area contributed by atoms with Gasteiger partial charge in [0.25, 0.3) is 0 Å². The minimum absolute atomic E-state index is 0.262. The topological polar surface area (TPSA) is 50.4 Å². The molecular weight excluding hydrogens is 204 g/mol. The Morgan fingerprint density at radius 1 is 1.25 bits per heavy atom. The zero-order valence-electron chi connectivity index (χ0n) is 8.93. The molecule has 0 aliphatic heterocycles. The lowest BCUT2D eigenvalue weighted by Gasteiger charge is -2.03. The van der Waals surface area contributed by atoms with Gasteiger partial charge in [0.1, 0.15) is 11.5 Å². The second-order valence-electron chi connectivity index (χ2n) is 3.64. The smallest absolute Gasteiger partial charge is 0.227 e. The molecule has 0 unspecified atom stereocenters. The summed E-state index contributed by atoms with van der Waals surface area (Å²) in [5.74, 6) is 0.516. The van der Waals surface area contributed by atoms with Gasteiger partial charge in [0, 0.05) is 12.5 Å². The van der Waals surface area contributed by atoms with Gasteiger partial charge in [-0.25, -0.2) is 0 Å². The summed E-state index contributed by atoms with van der Waals surface area (Å²) in [5.41, 5.74) is 0.672. The van der Waals surface area contributed by atoms with Crippen LogP contribution in [0.4, 0.5) is 0 Å². The van der Waals surface area contributed by atoms with Gasteiger partial charge in [-0.2, -0.15) is 0 Å². The first-order valence-electron chi connectivity index (χ1n) is 5.03. The summed E-state index contributed by atoms with van der Waals surface area (Å²) in [6.45, 7) is 1.57. The Morgan fingerprint density at radius 3 is 2.56 bits per heavy atom. The number of hydrogen-bond acceptors (Lipinski definition) is 3. The van der Waals surface area contributed by atoms with Crippen LogP contribution in [0.2, 0.25) is 0 Å². The maximum absolute atomic E-state index is 11.3. The van der Waals surface area contributed by atoms with Crippen molar-refractivity contribution in [2.75, 3.05) is 0 Å². The molecule has 82 valence electrons. The van der Waals surface area contributed by atoms with Gasteiger partial charge < -0.3 is 9.52 Å². The highest BCUT2D eigenvalue weighted by Crippen LogP contribution is 2.14. The van der Waals surface area contributed by atoms with Crippen LogP contribution < -0.4 is 5.43 Å². The maximum Gasteiger partial charge on any atom is 0.227 e. The van der Waals surface area contributed by atoms with Crippen LogP contribution in [0.15, 0.2) is 45.6 Å². The van der Waals surface area contributed by atoms with Crippen molar-refractivity contribution in [2.45, 2.75) is 13.3 Å². The van der Waals surface area contributed by atoms with Crippen molar-refractivity contribution >= 4 is 0 Å². The van der Waals surface area contributed by atoms with Crippen molar-refractivity contribution in [3.05, 3.63) is 63.7 Å². The summed E-state index contributed by atoms with van der Waals surface area (Å²) in [4.78, 5) is 11.3. The Balaban J connectivity index is 2.33. The van der Waals surface area contributed by atoms with Crippen LogP contribution in [0.3, 0.4) is 0 Å². The molecule has 3 heteroatoms. The third-order valence-electron chi connectivity index (χ3n) is 2.36. The quantitative estimate of drug-likeness (QED) is 0.837. The van der Waals surface area contributed by atoms with Crippen molar-refractivity contribution in [1.29, 1.82) is 0 Å². The standard InChI is InChI=1S/C13H12O3/c1-9-13(15)12(14)8-11(16-9)7-10-5-3-2-4-6-10/h2-6,8,15H,7H2,1H3. The highest BCUT2D eigenvalue weighted by atomic mass is 16.4. The lowest BCUT2D eigenvalue weighted by Crippen LogP contribution is -2.03. The van der Waals surface area contributed by atoms with Crippen molar-refractivity contribution in [3.8, 4) is 5.75 Å². The van der Waals surface area contributed by atoms with Gasteiger partial charge in [-0.3, -0.25) is 4.79 Å². The van der Waals surface area contributed by atoms with E-state index in [9.17, 15) is 9.90 Å². The highest BCUT2D eigenvalue weighted by molar-refractivity contribution is 5.26. The molecular formula is C13H12O3. The van der Waals surface area contributed by atoms with Gasteiger partial charge in [-0.1, -0.05) is 30.3 Å². The molecule has 1 aromatic heterocycles. The predicted molar refractivity (Wildman–Crippen MR) is 60.6 cm³/mol. The lowest BCUT2D eigenvalue weighted by atomic mass is 10.1. The third kappa shape index (κ3) is 2.14. The van der Waals surface area contributed by atoms with Crippen LogP contribution in [-0.4, -0.2) is 5.11 Å². The minimum Gasteiger partial charge on any atom is -0.502 e. The van der Waals surface area contributed by atoms with Crippen molar-refractivity contribution in [2.24, 2.45) is 0 Å². The summed E-state index contributed by atoms with van der Waals surface area (Å²) < 4.78 is 5.34. The Morgan fingerprint density at radius 2 is 1.94 bits per heavy atom. The number of rotatable bonds is 2. The molecule has 0 atom stereocenters. The number of benzene rings is 1. The summed E-state index contributed by atoms with van der Waals surface area (Å²) in [6, 6.07) is 11.0. The van der Waals surface area contributed by atoms with E-state index in [0.717, 1.165) is 5.56 Å². The van der Waals surface area contributed by atoms with Crippen LogP contribution in [0.25, 0.3) is 0 Å². The Bertz CT molecular complexity index is 541. The zero-order valence-corrected chi connectivity index (χ0v) is 8.93. The average molecular weight is 216 g/mol. The third-order valence-corrected chi connectivity index (χ3v) is 2.36. The molecule has 0 amide bonds.